The van der Waals surface area contributed by atoms with Gasteiger partial charge in [0.1, 0.15) is 12.1 Å². The van der Waals surface area contributed by atoms with Crippen molar-refractivity contribution in [2.45, 2.75) is 19.6 Å². The van der Waals surface area contributed by atoms with Gasteiger partial charge in [-0.15, -0.1) is 0 Å². The molecule has 0 unspecified atom stereocenters. The molecule has 3 rings (SSSR count). The quantitative estimate of drug-likeness (QED) is 0.847. The van der Waals surface area contributed by atoms with E-state index in [9.17, 15) is 0 Å². The van der Waals surface area contributed by atoms with E-state index in [0.717, 1.165) is 24.6 Å². The van der Waals surface area contributed by atoms with Crippen LogP contribution in [-0.4, -0.2) is 38.6 Å². The number of anilines is 1. The number of aliphatic hydroxyl groups is 1. The maximum absolute atomic E-state index is 9.01. The van der Waals surface area contributed by atoms with E-state index in [0.29, 0.717) is 12.4 Å². The van der Waals surface area contributed by atoms with Crippen molar-refractivity contribution in [2.75, 3.05) is 18.6 Å². The summed E-state index contributed by atoms with van der Waals surface area (Å²) >= 11 is 0. The Kier molecular flexibility index (Phi) is 3.04. The van der Waals surface area contributed by atoms with Crippen LogP contribution >= 0.6 is 0 Å². The second-order valence-electron chi connectivity index (χ2n) is 4.34. The standard InChI is InChI=1S/C12H15N5O2/c1-19-12-4-11(13-8-14-12)16-6-9-5-15-17(2-3-18)10(9)7-16/h4-5,8,18H,2-3,6-7H2,1H3. The molecule has 0 fully saturated rings. The molecule has 2 aromatic rings. The zero-order valence-corrected chi connectivity index (χ0v) is 10.7. The first kappa shape index (κ1) is 11.9. The smallest absolute Gasteiger partial charge is 0.218 e. The summed E-state index contributed by atoms with van der Waals surface area (Å²) in [6.07, 6.45) is 3.35. The molecule has 7 heteroatoms. The monoisotopic (exact) mass is 261 g/mol. The van der Waals surface area contributed by atoms with Gasteiger partial charge in [-0.05, 0) is 0 Å². The van der Waals surface area contributed by atoms with Gasteiger partial charge in [-0.3, -0.25) is 4.68 Å². The number of nitrogens with zero attached hydrogens (tertiary/aromatic N) is 5. The van der Waals surface area contributed by atoms with Gasteiger partial charge in [0.25, 0.3) is 0 Å². The molecule has 3 heterocycles. The third kappa shape index (κ3) is 2.12. The number of methoxy groups -OCH3 is 1. The van der Waals surface area contributed by atoms with Crippen molar-refractivity contribution in [2.24, 2.45) is 0 Å². The molecule has 0 aromatic carbocycles. The average Bonchev–Trinajstić information content (AvgIpc) is 3.01. The van der Waals surface area contributed by atoms with Crippen LogP contribution in [0.2, 0.25) is 0 Å². The van der Waals surface area contributed by atoms with E-state index in [4.69, 9.17) is 9.84 Å². The minimum absolute atomic E-state index is 0.0927. The molecule has 100 valence electrons. The predicted molar refractivity (Wildman–Crippen MR) is 67.8 cm³/mol. The van der Waals surface area contributed by atoms with Crippen molar-refractivity contribution >= 4 is 5.82 Å². The van der Waals surface area contributed by atoms with Crippen molar-refractivity contribution in [3.63, 3.8) is 0 Å². The molecule has 7 nitrogen and oxygen atoms in total. The van der Waals surface area contributed by atoms with Crippen LogP contribution in [0.4, 0.5) is 5.82 Å². The van der Waals surface area contributed by atoms with Crippen molar-refractivity contribution in [1.29, 1.82) is 0 Å². The minimum Gasteiger partial charge on any atom is -0.481 e. The Morgan fingerprint density at radius 2 is 2.26 bits per heavy atom. The molecule has 19 heavy (non-hydrogen) atoms. The summed E-state index contributed by atoms with van der Waals surface area (Å²) in [6.45, 7) is 2.11. The van der Waals surface area contributed by atoms with E-state index in [1.807, 2.05) is 16.9 Å². The predicted octanol–water partition coefficient (Wildman–Crippen LogP) is 0.194. The van der Waals surface area contributed by atoms with E-state index in [1.54, 1.807) is 7.11 Å². The fraction of sp³-hybridized carbons (Fsp3) is 0.417. The Hall–Kier alpha value is -2.15. The molecule has 0 aliphatic carbocycles. The largest absolute Gasteiger partial charge is 0.481 e. The van der Waals surface area contributed by atoms with Crippen LogP contribution in [0.3, 0.4) is 0 Å². The van der Waals surface area contributed by atoms with Crippen LogP contribution in [0, 0.1) is 0 Å². The second-order valence-corrected chi connectivity index (χ2v) is 4.34. The number of fused-ring (bicyclic) bond motifs is 1. The summed E-state index contributed by atoms with van der Waals surface area (Å²) in [5, 5.41) is 13.3. The number of aliphatic hydroxyl groups excluding tert-OH is 1. The highest BCUT2D eigenvalue weighted by molar-refractivity contribution is 5.46. The molecule has 0 amide bonds. The summed E-state index contributed by atoms with van der Waals surface area (Å²) in [5.74, 6) is 1.39. The number of rotatable bonds is 4. The van der Waals surface area contributed by atoms with Crippen LogP contribution < -0.4 is 9.64 Å². The average molecular weight is 261 g/mol. The lowest BCUT2D eigenvalue weighted by Crippen LogP contribution is -2.18. The first-order valence-electron chi connectivity index (χ1n) is 6.07. The molecule has 0 saturated heterocycles. The molecule has 0 saturated carbocycles. The van der Waals surface area contributed by atoms with E-state index in [2.05, 4.69) is 20.0 Å². The lowest BCUT2D eigenvalue weighted by atomic mass is 10.3. The van der Waals surface area contributed by atoms with E-state index in [-0.39, 0.29) is 6.61 Å². The highest BCUT2D eigenvalue weighted by atomic mass is 16.5. The first-order valence-corrected chi connectivity index (χ1v) is 6.07. The molecule has 0 atom stereocenters. The van der Waals surface area contributed by atoms with Crippen LogP contribution in [0.5, 0.6) is 5.88 Å². The normalized spacial score (nSPS) is 13.7. The van der Waals surface area contributed by atoms with Gasteiger partial charge in [0.15, 0.2) is 0 Å². The Morgan fingerprint density at radius 3 is 3.05 bits per heavy atom. The van der Waals surface area contributed by atoms with Gasteiger partial charge in [0.05, 0.1) is 38.7 Å². The Labute approximate surface area is 110 Å². The molecule has 1 N–H and O–H groups in total. The third-order valence-electron chi connectivity index (χ3n) is 3.21. The minimum atomic E-state index is 0.0927. The fourth-order valence-electron chi connectivity index (χ4n) is 2.27. The number of aromatic nitrogens is 4. The van der Waals surface area contributed by atoms with Gasteiger partial charge < -0.3 is 14.7 Å². The summed E-state index contributed by atoms with van der Waals surface area (Å²) < 4.78 is 6.95. The molecular formula is C12H15N5O2. The van der Waals surface area contributed by atoms with E-state index in [1.165, 1.54) is 11.9 Å². The van der Waals surface area contributed by atoms with Crippen LogP contribution in [0.25, 0.3) is 0 Å². The zero-order valence-electron chi connectivity index (χ0n) is 10.7. The molecule has 0 radical (unpaired) electrons. The Balaban J connectivity index is 1.82. The SMILES string of the molecule is COc1cc(N2Cc3cnn(CCO)c3C2)ncn1. The lowest BCUT2D eigenvalue weighted by Gasteiger charge is -2.17. The van der Waals surface area contributed by atoms with Crippen molar-refractivity contribution < 1.29 is 9.84 Å². The number of hydrogen-bond donors (Lipinski definition) is 1. The summed E-state index contributed by atoms with van der Waals surface area (Å²) in [5.41, 5.74) is 2.30. The third-order valence-corrected chi connectivity index (χ3v) is 3.21. The summed E-state index contributed by atoms with van der Waals surface area (Å²) in [7, 11) is 1.59. The van der Waals surface area contributed by atoms with Gasteiger partial charge in [-0.1, -0.05) is 0 Å². The Morgan fingerprint density at radius 1 is 1.37 bits per heavy atom. The molecule has 0 bridgehead atoms. The Bertz CT molecular complexity index is 583. The van der Waals surface area contributed by atoms with Gasteiger partial charge in [-0.25, -0.2) is 9.97 Å². The number of ether oxygens (including phenoxy) is 1. The van der Waals surface area contributed by atoms with Crippen molar-refractivity contribution in [3.8, 4) is 5.88 Å². The zero-order chi connectivity index (χ0) is 13.2. The first-order chi connectivity index (χ1) is 9.31. The van der Waals surface area contributed by atoms with Crippen LogP contribution in [0.15, 0.2) is 18.6 Å². The van der Waals surface area contributed by atoms with Crippen molar-refractivity contribution in [3.05, 3.63) is 29.8 Å². The highest BCUT2D eigenvalue weighted by Gasteiger charge is 2.24. The maximum Gasteiger partial charge on any atom is 0.218 e. The molecule has 0 spiro atoms. The summed E-state index contributed by atoms with van der Waals surface area (Å²) in [4.78, 5) is 10.4. The topological polar surface area (TPSA) is 76.3 Å². The van der Waals surface area contributed by atoms with Crippen LogP contribution in [0.1, 0.15) is 11.3 Å². The lowest BCUT2D eigenvalue weighted by molar-refractivity contribution is 0.267. The highest BCUT2D eigenvalue weighted by Crippen LogP contribution is 2.27. The fourth-order valence-corrected chi connectivity index (χ4v) is 2.27. The van der Waals surface area contributed by atoms with Gasteiger partial charge in [0.2, 0.25) is 5.88 Å². The molecule has 1 aliphatic heterocycles. The molecular weight excluding hydrogens is 246 g/mol. The summed E-state index contributed by atoms with van der Waals surface area (Å²) in [6, 6.07) is 1.82. The van der Waals surface area contributed by atoms with E-state index >= 15 is 0 Å². The number of hydrogen-bond acceptors (Lipinski definition) is 6. The molecule has 2 aromatic heterocycles. The van der Waals surface area contributed by atoms with Gasteiger partial charge in [0, 0.05) is 18.2 Å². The van der Waals surface area contributed by atoms with Gasteiger partial charge >= 0.3 is 0 Å². The maximum atomic E-state index is 9.01. The van der Waals surface area contributed by atoms with Gasteiger partial charge in [-0.2, -0.15) is 5.10 Å². The second kappa shape index (κ2) is 4.85. The molecule has 1 aliphatic rings. The van der Waals surface area contributed by atoms with Crippen LogP contribution in [-0.2, 0) is 19.6 Å². The van der Waals surface area contributed by atoms with Crippen molar-refractivity contribution in [1.82, 2.24) is 19.7 Å². The van der Waals surface area contributed by atoms with E-state index < -0.39 is 0 Å².